The van der Waals surface area contributed by atoms with Gasteiger partial charge in [-0.05, 0) is 18.2 Å². The first-order valence-corrected chi connectivity index (χ1v) is 4.70. The van der Waals surface area contributed by atoms with Crippen LogP contribution in [0.25, 0.3) is 0 Å². The summed E-state index contributed by atoms with van der Waals surface area (Å²) in [6.07, 6.45) is 3.19. The third-order valence-electron chi connectivity index (χ3n) is 1.96. The molecule has 0 amide bonds. The Bertz CT molecular complexity index is 456. The SMILES string of the molecule is Nc1cccc(F)c1OCc1ncccn1. The number of nitrogen functional groups attached to an aromatic ring is 1. The molecule has 4 nitrogen and oxygen atoms in total. The maximum absolute atomic E-state index is 13.3. The highest BCUT2D eigenvalue weighted by Crippen LogP contribution is 2.25. The third kappa shape index (κ3) is 2.25. The number of para-hydroxylation sites is 1. The molecule has 0 aliphatic heterocycles. The molecule has 0 radical (unpaired) electrons. The summed E-state index contributed by atoms with van der Waals surface area (Å²) in [6.45, 7) is 0.0893. The molecular formula is C11H10FN3O. The lowest BCUT2D eigenvalue weighted by Crippen LogP contribution is -2.03. The minimum absolute atomic E-state index is 0.0370. The largest absolute Gasteiger partial charge is 0.480 e. The summed E-state index contributed by atoms with van der Waals surface area (Å²) in [6, 6.07) is 6.08. The van der Waals surface area contributed by atoms with Crippen molar-refractivity contribution in [2.75, 3.05) is 5.73 Å². The van der Waals surface area contributed by atoms with Gasteiger partial charge in [-0.3, -0.25) is 0 Å². The van der Waals surface area contributed by atoms with Crippen LogP contribution in [0.5, 0.6) is 5.75 Å². The molecule has 0 bridgehead atoms. The van der Waals surface area contributed by atoms with Crippen LogP contribution in [0.4, 0.5) is 10.1 Å². The number of benzene rings is 1. The zero-order chi connectivity index (χ0) is 11.4. The fourth-order valence-corrected chi connectivity index (χ4v) is 1.22. The van der Waals surface area contributed by atoms with Gasteiger partial charge in [-0.15, -0.1) is 0 Å². The lowest BCUT2D eigenvalue weighted by Gasteiger charge is -2.08. The summed E-state index contributed by atoms with van der Waals surface area (Å²) in [5, 5.41) is 0. The van der Waals surface area contributed by atoms with Crippen LogP contribution >= 0.6 is 0 Å². The highest BCUT2D eigenvalue weighted by molar-refractivity contribution is 5.52. The second-order valence-electron chi connectivity index (χ2n) is 3.11. The van der Waals surface area contributed by atoms with Gasteiger partial charge in [0.25, 0.3) is 0 Å². The fraction of sp³-hybridized carbons (Fsp3) is 0.0909. The molecule has 0 aliphatic rings. The van der Waals surface area contributed by atoms with Crippen LogP contribution in [0.2, 0.25) is 0 Å². The molecule has 1 aromatic heterocycles. The summed E-state index contributed by atoms with van der Waals surface area (Å²) >= 11 is 0. The first-order chi connectivity index (χ1) is 7.77. The number of halogens is 1. The van der Waals surface area contributed by atoms with Gasteiger partial charge in [-0.25, -0.2) is 14.4 Å². The minimum atomic E-state index is -0.490. The van der Waals surface area contributed by atoms with Crippen LogP contribution < -0.4 is 10.5 Å². The highest BCUT2D eigenvalue weighted by Gasteiger charge is 2.07. The van der Waals surface area contributed by atoms with E-state index in [2.05, 4.69) is 9.97 Å². The van der Waals surface area contributed by atoms with E-state index in [9.17, 15) is 4.39 Å². The smallest absolute Gasteiger partial charge is 0.178 e. The van der Waals surface area contributed by atoms with Crippen molar-refractivity contribution in [3.8, 4) is 5.75 Å². The van der Waals surface area contributed by atoms with E-state index in [1.807, 2.05) is 0 Å². The summed E-state index contributed by atoms with van der Waals surface area (Å²) in [7, 11) is 0. The van der Waals surface area contributed by atoms with E-state index < -0.39 is 5.82 Å². The van der Waals surface area contributed by atoms with E-state index in [0.29, 0.717) is 5.82 Å². The number of hydrogen-bond acceptors (Lipinski definition) is 4. The van der Waals surface area contributed by atoms with Gasteiger partial charge in [0.2, 0.25) is 0 Å². The molecule has 0 saturated carbocycles. The molecule has 0 fully saturated rings. The van der Waals surface area contributed by atoms with E-state index in [1.54, 1.807) is 24.5 Å². The average molecular weight is 219 g/mol. The molecule has 0 unspecified atom stereocenters. The molecule has 0 atom stereocenters. The topological polar surface area (TPSA) is 61.0 Å². The first-order valence-electron chi connectivity index (χ1n) is 4.70. The Morgan fingerprint density at radius 1 is 1.19 bits per heavy atom. The summed E-state index contributed by atoms with van der Waals surface area (Å²) in [4.78, 5) is 7.91. The monoisotopic (exact) mass is 219 g/mol. The number of nitrogens with two attached hydrogens (primary N) is 1. The molecule has 0 aliphatic carbocycles. The van der Waals surface area contributed by atoms with Crippen LogP contribution in [-0.2, 0) is 6.61 Å². The van der Waals surface area contributed by atoms with Gasteiger partial charge in [-0.2, -0.15) is 0 Å². The van der Waals surface area contributed by atoms with Crippen molar-refractivity contribution in [1.29, 1.82) is 0 Å². The number of rotatable bonds is 3. The van der Waals surface area contributed by atoms with E-state index in [4.69, 9.17) is 10.5 Å². The van der Waals surface area contributed by atoms with Gasteiger partial charge in [-0.1, -0.05) is 6.07 Å². The van der Waals surface area contributed by atoms with Crippen molar-refractivity contribution in [3.63, 3.8) is 0 Å². The summed E-state index contributed by atoms with van der Waals surface area (Å²) in [5.74, 6) is 0.0241. The summed E-state index contributed by atoms with van der Waals surface area (Å²) < 4.78 is 18.5. The van der Waals surface area contributed by atoms with Gasteiger partial charge in [0, 0.05) is 12.4 Å². The molecule has 0 saturated heterocycles. The van der Waals surface area contributed by atoms with Crippen LogP contribution in [0.3, 0.4) is 0 Å². The average Bonchev–Trinajstić information content (AvgIpc) is 2.30. The summed E-state index contributed by atoms with van der Waals surface area (Å²) in [5.41, 5.74) is 5.84. The second-order valence-corrected chi connectivity index (χ2v) is 3.11. The van der Waals surface area contributed by atoms with Gasteiger partial charge in [0.05, 0.1) is 5.69 Å². The van der Waals surface area contributed by atoms with Crippen LogP contribution in [0.1, 0.15) is 5.82 Å². The Morgan fingerprint density at radius 2 is 1.94 bits per heavy atom. The zero-order valence-corrected chi connectivity index (χ0v) is 8.43. The Balaban J connectivity index is 2.11. The fourth-order valence-electron chi connectivity index (χ4n) is 1.22. The van der Waals surface area contributed by atoms with E-state index >= 15 is 0 Å². The van der Waals surface area contributed by atoms with Gasteiger partial charge in [0.15, 0.2) is 17.4 Å². The molecule has 2 aromatic rings. The first kappa shape index (κ1) is 10.4. The lowest BCUT2D eigenvalue weighted by molar-refractivity contribution is 0.283. The number of nitrogens with zero attached hydrogens (tertiary/aromatic N) is 2. The number of ether oxygens (including phenoxy) is 1. The highest BCUT2D eigenvalue weighted by atomic mass is 19.1. The molecule has 5 heteroatoms. The zero-order valence-electron chi connectivity index (χ0n) is 8.43. The normalized spacial score (nSPS) is 10.1. The van der Waals surface area contributed by atoms with Crippen molar-refractivity contribution in [2.24, 2.45) is 0 Å². The lowest BCUT2D eigenvalue weighted by atomic mass is 10.3. The van der Waals surface area contributed by atoms with Crippen molar-refractivity contribution < 1.29 is 9.13 Å². The Hall–Kier alpha value is -2.17. The van der Waals surface area contributed by atoms with E-state index in [1.165, 1.54) is 12.1 Å². The van der Waals surface area contributed by atoms with Crippen LogP contribution in [0.15, 0.2) is 36.7 Å². The van der Waals surface area contributed by atoms with Crippen LogP contribution in [0, 0.1) is 5.82 Å². The standard InChI is InChI=1S/C11H10FN3O/c12-8-3-1-4-9(13)11(8)16-7-10-14-5-2-6-15-10/h1-6H,7,13H2. The molecule has 1 aromatic carbocycles. The van der Waals surface area contributed by atoms with Crippen molar-refractivity contribution in [2.45, 2.75) is 6.61 Å². The molecule has 2 N–H and O–H groups in total. The van der Waals surface area contributed by atoms with E-state index in [-0.39, 0.29) is 18.0 Å². The van der Waals surface area contributed by atoms with Gasteiger partial charge >= 0.3 is 0 Å². The number of hydrogen-bond donors (Lipinski definition) is 1. The molecule has 82 valence electrons. The predicted octanol–water partition coefficient (Wildman–Crippen LogP) is 1.78. The van der Waals surface area contributed by atoms with Crippen LogP contribution in [-0.4, -0.2) is 9.97 Å². The Kier molecular flexibility index (Phi) is 2.95. The predicted molar refractivity (Wildman–Crippen MR) is 57.2 cm³/mol. The molecule has 2 rings (SSSR count). The van der Waals surface area contributed by atoms with Gasteiger partial charge in [0.1, 0.15) is 6.61 Å². The van der Waals surface area contributed by atoms with Crippen molar-refractivity contribution in [3.05, 3.63) is 48.3 Å². The number of aromatic nitrogens is 2. The van der Waals surface area contributed by atoms with E-state index in [0.717, 1.165) is 0 Å². The maximum Gasteiger partial charge on any atom is 0.178 e. The third-order valence-corrected chi connectivity index (χ3v) is 1.96. The molecule has 16 heavy (non-hydrogen) atoms. The Morgan fingerprint density at radius 3 is 2.62 bits per heavy atom. The maximum atomic E-state index is 13.3. The van der Waals surface area contributed by atoms with Crippen molar-refractivity contribution >= 4 is 5.69 Å². The molecular weight excluding hydrogens is 209 g/mol. The minimum Gasteiger partial charge on any atom is -0.480 e. The van der Waals surface area contributed by atoms with Crippen molar-refractivity contribution in [1.82, 2.24) is 9.97 Å². The molecule has 1 heterocycles. The number of anilines is 1. The quantitative estimate of drug-likeness (QED) is 0.799. The van der Waals surface area contributed by atoms with Gasteiger partial charge < -0.3 is 10.5 Å². The second kappa shape index (κ2) is 4.57. The Labute approximate surface area is 91.9 Å². The molecule has 0 spiro atoms.